The molecule has 0 spiro atoms. The van der Waals surface area contributed by atoms with Crippen LogP contribution < -0.4 is 5.43 Å². The quantitative estimate of drug-likeness (QED) is 0.638. The van der Waals surface area contributed by atoms with Crippen molar-refractivity contribution in [3.63, 3.8) is 0 Å². The van der Waals surface area contributed by atoms with E-state index < -0.39 is 0 Å². The van der Waals surface area contributed by atoms with Gasteiger partial charge in [-0.2, -0.15) is 0 Å². The Balaban J connectivity index is 3.53. The SMILES string of the molecule is CC(C)(C)c1cc(=O)c(I)c(C(C)(C)C)s1. The first kappa shape index (κ1) is 14.2. The lowest BCUT2D eigenvalue weighted by Crippen LogP contribution is -2.21. The van der Waals surface area contributed by atoms with Crippen LogP contribution in [0.4, 0.5) is 0 Å². The summed E-state index contributed by atoms with van der Waals surface area (Å²) in [5.41, 5.74) is 0.254. The zero-order valence-corrected chi connectivity index (χ0v) is 13.7. The zero-order chi connectivity index (χ0) is 12.7. The molecule has 0 bridgehead atoms. The summed E-state index contributed by atoms with van der Waals surface area (Å²) in [5, 5.41) is 0. The Morgan fingerprint density at radius 3 is 1.94 bits per heavy atom. The van der Waals surface area contributed by atoms with Crippen molar-refractivity contribution in [2.24, 2.45) is 0 Å². The zero-order valence-electron chi connectivity index (χ0n) is 10.8. The second-order valence-corrected chi connectivity index (χ2v) is 8.25. The molecule has 0 unspecified atom stereocenters. The highest BCUT2D eigenvalue weighted by atomic mass is 127. The lowest BCUT2D eigenvalue weighted by Gasteiger charge is -2.24. The Morgan fingerprint density at radius 2 is 1.56 bits per heavy atom. The Kier molecular flexibility index (Phi) is 3.90. The van der Waals surface area contributed by atoms with Crippen LogP contribution >= 0.6 is 33.9 Å². The molecule has 3 heteroatoms. The molecule has 16 heavy (non-hydrogen) atoms. The van der Waals surface area contributed by atoms with Crippen LogP contribution in [-0.4, -0.2) is 0 Å². The first-order valence-corrected chi connectivity index (χ1v) is 7.27. The lowest BCUT2D eigenvalue weighted by atomic mass is 9.93. The second kappa shape index (κ2) is 4.41. The molecule has 0 N–H and O–H groups in total. The minimum absolute atomic E-state index is 0.0433. The highest BCUT2D eigenvalue weighted by Crippen LogP contribution is 2.34. The number of rotatable bonds is 0. The summed E-state index contributed by atoms with van der Waals surface area (Å²) in [5.74, 6) is 0. The van der Waals surface area contributed by atoms with Crippen molar-refractivity contribution in [1.82, 2.24) is 0 Å². The molecular formula is C13H19IOS. The van der Waals surface area contributed by atoms with Gasteiger partial charge in [0.25, 0.3) is 0 Å². The third kappa shape index (κ3) is 3.06. The average Bonchev–Trinajstić information content (AvgIpc) is 2.05. The molecule has 0 saturated carbocycles. The van der Waals surface area contributed by atoms with Gasteiger partial charge in [-0.05, 0) is 33.4 Å². The summed E-state index contributed by atoms with van der Waals surface area (Å²) in [4.78, 5) is 14.3. The van der Waals surface area contributed by atoms with Gasteiger partial charge in [-0.3, -0.25) is 4.79 Å². The summed E-state index contributed by atoms with van der Waals surface area (Å²) >= 11 is 3.94. The van der Waals surface area contributed by atoms with E-state index in [0.717, 1.165) is 3.57 Å². The second-order valence-electron chi connectivity index (χ2n) is 6.12. The fraction of sp³-hybridized carbons (Fsp3) is 0.615. The Labute approximate surface area is 115 Å². The summed E-state index contributed by atoms with van der Waals surface area (Å²) in [7, 11) is 0. The Morgan fingerprint density at radius 1 is 1.06 bits per heavy atom. The molecule has 1 heterocycles. The predicted molar refractivity (Wildman–Crippen MR) is 80.7 cm³/mol. The number of hydrogen-bond acceptors (Lipinski definition) is 2. The molecule has 0 aliphatic rings. The largest absolute Gasteiger partial charge is 0.289 e. The molecule has 1 rings (SSSR count). The third-order valence-corrected chi connectivity index (χ3v) is 5.72. The van der Waals surface area contributed by atoms with Gasteiger partial charge in [0.15, 0.2) is 5.43 Å². The maximum atomic E-state index is 12.0. The van der Waals surface area contributed by atoms with Crippen LogP contribution in [0.3, 0.4) is 0 Å². The first-order chi connectivity index (χ1) is 7.03. The molecule has 1 aromatic rings. The highest BCUT2D eigenvalue weighted by molar-refractivity contribution is 14.1. The van der Waals surface area contributed by atoms with Crippen LogP contribution in [0.15, 0.2) is 10.9 Å². The topological polar surface area (TPSA) is 17.1 Å². The molecule has 90 valence electrons. The summed E-state index contributed by atoms with van der Waals surface area (Å²) in [6.45, 7) is 12.9. The molecule has 0 saturated heterocycles. The minimum Gasteiger partial charge on any atom is -0.289 e. The molecule has 0 aliphatic carbocycles. The smallest absolute Gasteiger partial charge is 0.194 e. The van der Waals surface area contributed by atoms with Gasteiger partial charge in [-0.25, -0.2) is 0 Å². The highest BCUT2D eigenvalue weighted by Gasteiger charge is 2.24. The molecule has 0 aliphatic heterocycles. The first-order valence-electron chi connectivity index (χ1n) is 5.38. The molecule has 1 nitrogen and oxygen atoms in total. The monoisotopic (exact) mass is 350 g/mol. The number of hydrogen-bond donors (Lipinski definition) is 0. The van der Waals surface area contributed by atoms with Crippen LogP contribution in [0.2, 0.25) is 0 Å². The molecular weight excluding hydrogens is 331 g/mol. The third-order valence-electron chi connectivity index (χ3n) is 2.31. The van der Waals surface area contributed by atoms with E-state index in [0.29, 0.717) is 0 Å². The minimum atomic E-state index is 0.0433. The van der Waals surface area contributed by atoms with Crippen molar-refractivity contribution >= 4 is 33.9 Å². The maximum absolute atomic E-state index is 12.0. The normalized spacial score (nSPS) is 12.9. The van der Waals surface area contributed by atoms with Gasteiger partial charge >= 0.3 is 0 Å². The van der Waals surface area contributed by atoms with Gasteiger partial charge in [0.05, 0.1) is 3.57 Å². The lowest BCUT2D eigenvalue weighted by molar-refractivity contribution is 0.590. The molecule has 0 atom stereocenters. The van der Waals surface area contributed by atoms with Crippen LogP contribution in [0.1, 0.15) is 51.3 Å². The fourth-order valence-electron chi connectivity index (χ4n) is 1.33. The summed E-state index contributed by atoms with van der Waals surface area (Å²) in [6, 6.07) is 1.79. The van der Waals surface area contributed by atoms with Crippen LogP contribution in [0, 0.1) is 3.57 Å². The van der Waals surface area contributed by atoms with E-state index in [4.69, 9.17) is 0 Å². The van der Waals surface area contributed by atoms with E-state index in [9.17, 15) is 4.79 Å². The van der Waals surface area contributed by atoms with Gasteiger partial charge < -0.3 is 0 Å². The van der Waals surface area contributed by atoms with Crippen molar-refractivity contribution in [3.8, 4) is 0 Å². The number of halogens is 1. The van der Waals surface area contributed by atoms with E-state index in [2.05, 4.69) is 64.1 Å². The summed E-state index contributed by atoms with van der Waals surface area (Å²) in [6.07, 6.45) is 0. The fourth-order valence-corrected chi connectivity index (χ4v) is 3.81. The van der Waals surface area contributed by atoms with Crippen molar-refractivity contribution in [1.29, 1.82) is 0 Å². The van der Waals surface area contributed by atoms with Crippen molar-refractivity contribution < 1.29 is 0 Å². The van der Waals surface area contributed by atoms with Crippen LogP contribution in [0.5, 0.6) is 0 Å². The van der Waals surface area contributed by atoms with E-state index >= 15 is 0 Å². The van der Waals surface area contributed by atoms with Crippen molar-refractivity contribution in [2.75, 3.05) is 0 Å². The predicted octanol–water partition coefficient (Wildman–Crippen LogP) is 4.31. The van der Waals surface area contributed by atoms with E-state index in [-0.39, 0.29) is 16.3 Å². The molecule has 0 fully saturated rings. The molecule has 0 radical (unpaired) electrons. The van der Waals surface area contributed by atoms with E-state index in [1.54, 1.807) is 17.4 Å². The Bertz CT molecular complexity index is 446. The average molecular weight is 350 g/mol. The van der Waals surface area contributed by atoms with Crippen molar-refractivity contribution in [2.45, 2.75) is 52.4 Å². The van der Waals surface area contributed by atoms with E-state index in [1.807, 2.05) is 0 Å². The maximum Gasteiger partial charge on any atom is 0.194 e. The van der Waals surface area contributed by atoms with Crippen LogP contribution in [-0.2, 0) is 10.8 Å². The standard InChI is InChI=1S/C13H19IOS/c1-12(2,3)9-7-8(15)10(14)11(16-9)13(4,5)6/h7H,1-6H3. The van der Waals surface area contributed by atoms with Gasteiger partial charge in [0.1, 0.15) is 0 Å². The van der Waals surface area contributed by atoms with Gasteiger partial charge in [-0.15, -0.1) is 11.3 Å². The van der Waals surface area contributed by atoms with Gasteiger partial charge in [-0.1, -0.05) is 41.5 Å². The molecule has 1 aromatic heterocycles. The van der Waals surface area contributed by atoms with Crippen molar-refractivity contribution in [3.05, 3.63) is 29.6 Å². The molecule has 0 aromatic carbocycles. The molecule has 0 amide bonds. The van der Waals surface area contributed by atoms with Crippen LogP contribution in [0.25, 0.3) is 0 Å². The Hall–Kier alpha value is 0.1000. The van der Waals surface area contributed by atoms with Gasteiger partial charge in [0, 0.05) is 15.8 Å². The van der Waals surface area contributed by atoms with Gasteiger partial charge in [0.2, 0.25) is 0 Å². The van der Waals surface area contributed by atoms with E-state index in [1.165, 1.54) is 9.75 Å². The summed E-state index contributed by atoms with van der Waals surface area (Å²) < 4.78 is 0.878.